The fourth-order valence-electron chi connectivity index (χ4n) is 4.47. The van der Waals surface area contributed by atoms with Crippen LogP contribution in [0.5, 0.6) is 0 Å². The number of alkyl carbamates (subject to hydrolysis) is 1. The van der Waals surface area contributed by atoms with E-state index in [1.807, 2.05) is 19.9 Å². The number of carbonyl (C=O) groups is 6. The number of rotatable bonds is 17. The summed E-state index contributed by atoms with van der Waals surface area (Å²) in [7, 11) is 0. The summed E-state index contributed by atoms with van der Waals surface area (Å²) in [4.78, 5) is 74.8. The SMILES string of the molecule is CCOC(=O)C=C[C@H](C[C@@H]1CCNC1=O)NC(=O)[C@H](CC(C)C)NC(=O)[C@H](CCC(N)=O)NC(=O)OCc1ccccc1. The summed E-state index contributed by atoms with van der Waals surface area (Å²) in [6.07, 6.45) is 2.55. The third kappa shape index (κ3) is 13.4. The van der Waals surface area contributed by atoms with Gasteiger partial charge in [-0.25, -0.2) is 9.59 Å². The standard InChI is InChI=1S/C30H43N5O8/c1-4-42-26(37)13-10-22(17-21-14-15-32-27(21)38)33-29(40)24(16-19(2)3)34-28(39)23(11-12-25(31)36)35-30(41)43-18-20-8-6-5-7-9-20/h5-10,13,19,21-24H,4,11-12,14-18H2,1-3H3,(H2,31,36)(H,32,38)(H,33,40)(H,34,39)(H,35,41)/t21-,22+,23-,24-/m0/s1. The van der Waals surface area contributed by atoms with Crippen molar-refractivity contribution in [3.63, 3.8) is 0 Å². The van der Waals surface area contributed by atoms with Crippen molar-refractivity contribution in [2.45, 2.75) is 77.6 Å². The lowest BCUT2D eigenvalue weighted by Gasteiger charge is -2.26. The Kier molecular flexibility index (Phi) is 14.7. The fourth-order valence-corrected chi connectivity index (χ4v) is 4.47. The van der Waals surface area contributed by atoms with Crippen LogP contribution in [-0.4, -0.2) is 67.0 Å². The first-order valence-corrected chi connectivity index (χ1v) is 14.5. The third-order valence-corrected chi connectivity index (χ3v) is 6.62. The molecule has 4 atom stereocenters. The molecule has 1 saturated heterocycles. The normalized spacial score (nSPS) is 16.6. The predicted octanol–water partition coefficient (Wildman–Crippen LogP) is 1.21. The molecule has 5 amide bonds. The average molecular weight is 602 g/mol. The first-order chi connectivity index (χ1) is 20.5. The first kappa shape index (κ1) is 34.8. The molecule has 13 heteroatoms. The van der Waals surface area contributed by atoms with E-state index in [2.05, 4.69) is 21.3 Å². The highest BCUT2D eigenvalue weighted by molar-refractivity contribution is 5.92. The van der Waals surface area contributed by atoms with Gasteiger partial charge in [-0.3, -0.25) is 19.2 Å². The van der Waals surface area contributed by atoms with Crippen LogP contribution in [0.25, 0.3) is 0 Å². The quantitative estimate of drug-likeness (QED) is 0.130. The molecule has 1 aliphatic heterocycles. The van der Waals surface area contributed by atoms with Gasteiger partial charge in [0.15, 0.2) is 0 Å². The van der Waals surface area contributed by atoms with E-state index >= 15 is 0 Å². The summed E-state index contributed by atoms with van der Waals surface area (Å²) in [6.45, 7) is 6.08. The van der Waals surface area contributed by atoms with Crippen molar-refractivity contribution in [1.82, 2.24) is 21.3 Å². The summed E-state index contributed by atoms with van der Waals surface area (Å²) in [5.41, 5.74) is 6.02. The van der Waals surface area contributed by atoms with Gasteiger partial charge in [0, 0.05) is 31.0 Å². The number of primary amides is 1. The molecule has 0 radical (unpaired) electrons. The molecule has 0 aliphatic carbocycles. The van der Waals surface area contributed by atoms with Crippen LogP contribution in [0, 0.1) is 11.8 Å². The molecule has 1 aromatic carbocycles. The number of esters is 1. The van der Waals surface area contributed by atoms with E-state index in [0.717, 1.165) is 5.56 Å². The molecular weight excluding hydrogens is 558 g/mol. The summed E-state index contributed by atoms with van der Waals surface area (Å²) >= 11 is 0. The molecule has 2 rings (SSSR count). The Morgan fingerprint density at radius 3 is 2.33 bits per heavy atom. The molecule has 43 heavy (non-hydrogen) atoms. The van der Waals surface area contributed by atoms with Crippen LogP contribution in [0.4, 0.5) is 4.79 Å². The lowest BCUT2D eigenvalue weighted by molar-refractivity contribution is -0.137. The maximum absolute atomic E-state index is 13.5. The largest absolute Gasteiger partial charge is 0.463 e. The van der Waals surface area contributed by atoms with Crippen molar-refractivity contribution >= 4 is 35.7 Å². The van der Waals surface area contributed by atoms with E-state index in [9.17, 15) is 28.8 Å². The molecule has 236 valence electrons. The number of nitrogens with one attached hydrogen (secondary N) is 4. The number of nitrogens with two attached hydrogens (primary N) is 1. The van der Waals surface area contributed by atoms with Gasteiger partial charge < -0.3 is 36.5 Å². The number of hydrogen-bond acceptors (Lipinski definition) is 8. The molecule has 0 bridgehead atoms. The van der Waals surface area contributed by atoms with Crippen LogP contribution in [-0.2, 0) is 40.1 Å². The Morgan fingerprint density at radius 1 is 1.02 bits per heavy atom. The molecule has 1 fully saturated rings. The molecule has 13 nitrogen and oxygen atoms in total. The van der Waals surface area contributed by atoms with Crippen LogP contribution in [0.2, 0.25) is 0 Å². The van der Waals surface area contributed by atoms with Gasteiger partial charge in [-0.15, -0.1) is 0 Å². The minimum absolute atomic E-state index is 0.0157. The number of amides is 5. The second-order valence-electron chi connectivity index (χ2n) is 10.7. The van der Waals surface area contributed by atoms with Gasteiger partial charge in [-0.1, -0.05) is 50.3 Å². The molecule has 6 N–H and O–H groups in total. The van der Waals surface area contributed by atoms with Crippen LogP contribution < -0.4 is 27.0 Å². The lowest BCUT2D eigenvalue weighted by atomic mass is 9.96. The van der Waals surface area contributed by atoms with Gasteiger partial charge >= 0.3 is 12.1 Å². The number of ether oxygens (including phenoxy) is 2. The van der Waals surface area contributed by atoms with Gasteiger partial charge in [0.1, 0.15) is 18.7 Å². The van der Waals surface area contributed by atoms with E-state index in [4.69, 9.17) is 15.2 Å². The minimum Gasteiger partial charge on any atom is -0.463 e. The van der Waals surface area contributed by atoms with Gasteiger partial charge in [-0.2, -0.15) is 0 Å². The molecule has 1 heterocycles. The van der Waals surface area contributed by atoms with E-state index < -0.39 is 47.9 Å². The second kappa shape index (κ2) is 18.2. The molecule has 1 aliphatic rings. The molecule has 0 saturated carbocycles. The molecular formula is C30H43N5O8. The highest BCUT2D eigenvalue weighted by Crippen LogP contribution is 2.17. The average Bonchev–Trinajstić information content (AvgIpc) is 3.36. The van der Waals surface area contributed by atoms with Crippen LogP contribution >= 0.6 is 0 Å². The van der Waals surface area contributed by atoms with Crippen LogP contribution in [0.1, 0.15) is 58.4 Å². The Morgan fingerprint density at radius 2 is 1.72 bits per heavy atom. The Labute approximate surface area is 251 Å². The van der Waals surface area contributed by atoms with E-state index in [1.165, 1.54) is 12.2 Å². The Bertz CT molecular complexity index is 1140. The number of benzene rings is 1. The number of hydrogen-bond donors (Lipinski definition) is 5. The molecule has 0 aromatic heterocycles. The summed E-state index contributed by atoms with van der Waals surface area (Å²) in [5.74, 6) is -3.02. The summed E-state index contributed by atoms with van der Waals surface area (Å²) in [6, 6.07) is 6.01. The van der Waals surface area contributed by atoms with Crippen molar-refractivity contribution in [3.05, 3.63) is 48.0 Å². The maximum atomic E-state index is 13.5. The predicted molar refractivity (Wildman–Crippen MR) is 157 cm³/mol. The van der Waals surface area contributed by atoms with Crippen LogP contribution in [0.3, 0.4) is 0 Å². The van der Waals surface area contributed by atoms with Gasteiger partial charge in [0.05, 0.1) is 6.61 Å². The molecule has 1 aromatic rings. The Balaban J connectivity index is 2.14. The summed E-state index contributed by atoms with van der Waals surface area (Å²) in [5, 5.41) is 10.7. The van der Waals surface area contributed by atoms with Crippen molar-refractivity contribution in [2.75, 3.05) is 13.2 Å². The third-order valence-electron chi connectivity index (χ3n) is 6.62. The van der Waals surface area contributed by atoms with Crippen molar-refractivity contribution in [3.8, 4) is 0 Å². The first-order valence-electron chi connectivity index (χ1n) is 14.5. The van der Waals surface area contributed by atoms with Gasteiger partial charge in [0.25, 0.3) is 0 Å². The van der Waals surface area contributed by atoms with Crippen molar-refractivity contribution in [1.29, 1.82) is 0 Å². The molecule has 0 unspecified atom stereocenters. The van der Waals surface area contributed by atoms with Crippen LogP contribution in [0.15, 0.2) is 42.5 Å². The van der Waals surface area contributed by atoms with Gasteiger partial charge in [-0.05, 0) is 44.1 Å². The zero-order chi connectivity index (χ0) is 31.8. The minimum atomic E-state index is -1.21. The fraction of sp³-hybridized carbons (Fsp3) is 0.533. The summed E-state index contributed by atoms with van der Waals surface area (Å²) < 4.78 is 10.1. The van der Waals surface area contributed by atoms with E-state index in [0.29, 0.717) is 13.0 Å². The van der Waals surface area contributed by atoms with Crippen molar-refractivity contribution in [2.24, 2.45) is 17.6 Å². The number of carbonyl (C=O) groups excluding carboxylic acids is 6. The van der Waals surface area contributed by atoms with E-state index in [-0.39, 0.29) is 56.6 Å². The van der Waals surface area contributed by atoms with E-state index in [1.54, 1.807) is 31.2 Å². The zero-order valence-electron chi connectivity index (χ0n) is 24.9. The topological polar surface area (TPSA) is 195 Å². The smallest absolute Gasteiger partial charge is 0.408 e. The Hall–Kier alpha value is -4.42. The molecule has 0 spiro atoms. The highest BCUT2D eigenvalue weighted by atomic mass is 16.5. The highest BCUT2D eigenvalue weighted by Gasteiger charge is 2.31. The lowest BCUT2D eigenvalue weighted by Crippen LogP contribution is -2.55. The van der Waals surface area contributed by atoms with Crippen molar-refractivity contribution < 1.29 is 38.2 Å². The second-order valence-corrected chi connectivity index (χ2v) is 10.7. The zero-order valence-corrected chi connectivity index (χ0v) is 24.9. The van der Waals surface area contributed by atoms with Gasteiger partial charge in [0.2, 0.25) is 23.6 Å². The maximum Gasteiger partial charge on any atom is 0.408 e. The monoisotopic (exact) mass is 601 g/mol.